The molecule has 2 aromatic rings. The number of rotatable bonds is 4. The number of anilines is 1. The first-order chi connectivity index (χ1) is 7.33. The first-order valence-electron chi connectivity index (χ1n) is 4.69. The number of thiazole rings is 1. The molecule has 0 saturated heterocycles. The standard InChI is InChI=1S/C9H12N4S2/c1-2-4-14-7-6-12-13(8(7)10)9-11-3-5-15-9/h3,5-6H,2,4,10H2,1H3. The Morgan fingerprint density at radius 2 is 2.47 bits per heavy atom. The van der Waals surface area contributed by atoms with E-state index in [2.05, 4.69) is 17.0 Å². The minimum atomic E-state index is 0.684. The van der Waals surface area contributed by atoms with Gasteiger partial charge in [0.15, 0.2) is 0 Å². The van der Waals surface area contributed by atoms with Gasteiger partial charge < -0.3 is 5.73 Å². The molecule has 0 amide bonds. The molecule has 0 fully saturated rings. The molecule has 0 aliphatic heterocycles. The van der Waals surface area contributed by atoms with Crippen LogP contribution in [0.4, 0.5) is 5.82 Å². The molecule has 15 heavy (non-hydrogen) atoms. The monoisotopic (exact) mass is 240 g/mol. The molecule has 0 aliphatic rings. The summed E-state index contributed by atoms with van der Waals surface area (Å²) in [6.07, 6.45) is 4.68. The van der Waals surface area contributed by atoms with Gasteiger partial charge in [0.05, 0.1) is 11.1 Å². The maximum atomic E-state index is 5.98. The fourth-order valence-corrected chi connectivity index (χ4v) is 2.53. The van der Waals surface area contributed by atoms with Crippen molar-refractivity contribution in [3.05, 3.63) is 17.8 Å². The summed E-state index contributed by atoms with van der Waals surface area (Å²) in [5.41, 5.74) is 5.98. The van der Waals surface area contributed by atoms with E-state index in [1.165, 1.54) is 11.3 Å². The number of nitrogens with two attached hydrogens (primary N) is 1. The minimum Gasteiger partial charge on any atom is -0.383 e. The largest absolute Gasteiger partial charge is 0.383 e. The van der Waals surface area contributed by atoms with Crippen LogP contribution in [-0.4, -0.2) is 20.5 Å². The van der Waals surface area contributed by atoms with Crippen molar-refractivity contribution in [2.24, 2.45) is 0 Å². The summed E-state index contributed by atoms with van der Waals surface area (Å²) in [4.78, 5) is 5.20. The van der Waals surface area contributed by atoms with Crippen molar-refractivity contribution in [2.45, 2.75) is 18.2 Å². The molecule has 0 spiro atoms. The zero-order valence-corrected chi connectivity index (χ0v) is 10.0. The van der Waals surface area contributed by atoms with E-state index < -0.39 is 0 Å². The van der Waals surface area contributed by atoms with Gasteiger partial charge in [0, 0.05) is 11.6 Å². The molecule has 0 saturated carbocycles. The van der Waals surface area contributed by atoms with Crippen LogP contribution in [0, 0.1) is 0 Å². The van der Waals surface area contributed by atoms with Gasteiger partial charge in [-0.2, -0.15) is 9.78 Å². The van der Waals surface area contributed by atoms with Crippen LogP contribution in [0.2, 0.25) is 0 Å². The molecule has 0 atom stereocenters. The SMILES string of the molecule is CCCSc1cnn(-c2nccs2)c1N. The summed E-state index contributed by atoms with van der Waals surface area (Å²) in [7, 11) is 0. The van der Waals surface area contributed by atoms with Crippen LogP contribution in [-0.2, 0) is 0 Å². The molecule has 2 rings (SSSR count). The van der Waals surface area contributed by atoms with E-state index in [0.29, 0.717) is 5.82 Å². The zero-order chi connectivity index (χ0) is 10.7. The van der Waals surface area contributed by atoms with Crippen LogP contribution in [0.3, 0.4) is 0 Å². The minimum absolute atomic E-state index is 0.684. The Morgan fingerprint density at radius 1 is 1.60 bits per heavy atom. The molecule has 0 unspecified atom stereocenters. The quantitative estimate of drug-likeness (QED) is 0.834. The van der Waals surface area contributed by atoms with E-state index >= 15 is 0 Å². The highest BCUT2D eigenvalue weighted by atomic mass is 32.2. The van der Waals surface area contributed by atoms with Crippen LogP contribution < -0.4 is 5.73 Å². The van der Waals surface area contributed by atoms with Crippen molar-refractivity contribution in [1.29, 1.82) is 0 Å². The maximum absolute atomic E-state index is 5.98. The van der Waals surface area contributed by atoms with Gasteiger partial charge in [-0.15, -0.1) is 23.1 Å². The number of aromatic nitrogens is 3. The molecule has 2 N–H and O–H groups in total. The third-order valence-electron chi connectivity index (χ3n) is 1.83. The number of hydrogen-bond donors (Lipinski definition) is 1. The molecule has 0 aromatic carbocycles. The van der Waals surface area contributed by atoms with Gasteiger partial charge in [-0.3, -0.25) is 0 Å². The van der Waals surface area contributed by atoms with Crippen LogP contribution in [0.1, 0.15) is 13.3 Å². The molecular weight excluding hydrogens is 228 g/mol. The third kappa shape index (κ3) is 2.15. The molecule has 2 heterocycles. The lowest BCUT2D eigenvalue weighted by molar-refractivity contribution is 0.880. The maximum Gasteiger partial charge on any atom is 0.212 e. The second-order valence-electron chi connectivity index (χ2n) is 2.97. The van der Waals surface area contributed by atoms with Crippen molar-refractivity contribution >= 4 is 28.9 Å². The van der Waals surface area contributed by atoms with E-state index in [1.54, 1.807) is 28.8 Å². The lowest BCUT2D eigenvalue weighted by Crippen LogP contribution is -2.01. The second kappa shape index (κ2) is 4.67. The summed E-state index contributed by atoms with van der Waals surface area (Å²) < 4.78 is 1.68. The Hall–Kier alpha value is -1.01. The Labute approximate surface area is 96.5 Å². The Bertz CT molecular complexity index is 421. The highest BCUT2D eigenvalue weighted by Gasteiger charge is 2.10. The van der Waals surface area contributed by atoms with Crippen molar-refractivity contribution in [1.82, 2.24) is 14.8 Å². The predicted molar refractivity (Wildman–Crippen MR) is 64.7 cm³/mol. The Morgan fingerprint density at radius 3 is 3.13 bits per heavy atom. The van der Waals surface area contributed by atoms with E-state index in [1.807, 2.05) is 5.38 Å². The van der Waals surface area contributed by atoms with Crippen LogP contribution in [0.25, 0.3) is 5.13 Å². The van der Waals surface area contributed by atoms with E-state index in [9.17, 15) is 0 Å². The summed E-state index contributed by atoms with van der Waals surface area (Å²) in [5.74, 6) is 1.75. The molecule has 0 aliphatic carbocycles. The topological polar surface area (TPSA) is 56.7 Å². The van der Waals surface area contributed by atoms with Crippen molar-refractivity contribution in [3.63, 3.8) is 0 Å². The first kappa shape index (κ1) is 10.5. The average molecular weight is 240 g/mol. The molecule has 0 bridgehead atoms. The predicted octanol–water partition coefficient (Wildman–Crippen LogP) is 2.41. The van der Waals surface area contributed by atoms with E-state index in [-0.39, 0.29) is 0 Å². The summed E-state index contributed by atoms with van der Waals surface area (Å²) >= 11 is 3.26. The fraction of sp³-hybridized carbons (Fsp3) is 0.333. The molecule has 0 radical (unpaired) electrons. The highest BCUT2D eigenvalue weighted by molar-refractivity contribution is 7.99. The van der Waals surface area contributed by atoms with Gasteiger partial charge >= 0.3 is 0 Å². The van der Waals surface area contributed by atoms with Crippen LogP contribution in [0.15, 0.2) is 22.7 Å². The second-order valence-corrected chi connectivity index (χ2v) is 4.98. The number of hydrogen-bond acceptors (Lipinski definition) is 5. The number of nitrogens with zero attached hydrogens (tertiary/aromatic N) is 3. The van der Waals surface area contributed by atoms with Gasteiger partial charge in [0.1, 0.15) is 5.82 Å². The lowest BCUT2D eigenvalue weighted by Gasteiger charge is -2.00. The number of thioether (sulfide) groups is 1. The number of nitrogen functional groups attached to an aromatic ring is 1. The first-order valence-corrected chi connectivity index (χ1v) is 6.55. The van der Waals surface area contributed by atoms with Gasteiger partial charge in [0.2, 0.25) is 5.13 Å². The van der Waals surface area contributed by atoms with Crippen molar-refractivity contribution < 1.29 is 0 Å². The molecule has 80 valence electrons. The average Bonchev–Trinajstić information content (AvgIpc) is 2.84. The van der Waals surface area contributed by atoms with Gasteiger partial charge in [0.25, 0.3) is 0 Å². The molecule has 4 nitrogen and oxygen atoms in total. The third-order valence-corrected chi connectivity index (χ3v) is 3.82. The molecule has 2 aromatic heterocycles. The highest BCUT2D eigenvalue weighted by Crippen LogP contribution is 2.27. The molecular formula is C9H12N4S2. The van der Waals surface area contributed by atoms with Crippen LogP contribution in [0.5, 0.6) is 0 Å². The normalized spacial score (nSPS) is 10.7. The zero-order valence-electron chi connectivity index (χ0n) is 8.38. The Kier molecular flexibility index (Phi) is 3.27. The van der Waals surface area contributed by atoms with Crippen LogP contribution >= 0.6 is 23.1 Å². The van der Waals surface area contributed by atoms with Crippen molar-refractivity contribution in [3.8, 4) is 5.13 Å². The summed E-state index contributed by atoms with van der Waals surface area (Å²) in [5, 5.41) is 6.96. The fourth-order valence-electron chi connectivity index (χ4n) is 1.14. The van der Waals surface area contributed by atoms with Gasteiger partial charge in [-0.1, -0.05) is 6.92 Å². The lowest BCUT2D eigenvalue weighted by atomic mass is 10.6. The summed E-state index contributed by atoms with van der Waals surface area (Å²) in [6, 6.07) is 0. The van der Waals surface area contributed by atoms with Crippen molar-refractivity contribution in [2.75, 3.05) is 11.5 Å². The van der Waals surface area contributed by atoms with E-state index in [4.69, 9.17) is 5.73 Å². The Balaban J connectivity index is 2.24. The summed E-state index contributed by atoms with van der Waals surface area (Å²) in [6.45, 7) is 2.15. The smallest absolute Gasteiger partial charge is 0.212 e. The van der Waals surface area contributed by atoms with Gasteiger partial charge in [-0.25, -0.2) is 4.98 Å². The molecule has 6 heteroatoms. The van der Waals surface area contributed by atoms with Gasteiger partial charge in [-0.05, 0) is 12.2 Å². The van der Waals surface area contributed by atoms with E-state index in [0.717, 1.165) is 22.2 Å².